The van der Waals surface area contributed by atoms with E-state index in [1.807, 2.05) is 18.2 Å². The lowest BCUT2D eigenvalue weighted by Crippen LogP contribution is -2.41. The molecule has 2 heterocycles. The van der Waals surface area contributed by atoms with Gasteiger partial charge in [0.05, 0.1) is 0 Å². The third kappa shape index (κ3) is 4.02. The molecule has 1 aromatic carbocycles. The third-order valence-corrected chi connectivity index (χ3v) is 5.96. The van der Waals surface area contributed by atoms with E-state index in [0.29, 0.717) is 30.4 Å². The van der Waals surface area contributed by atoms with Gasteiger partial charge in [0.2, 0.25) is 0 Å². The first-order chi connectivity index (χ1) is 13.6. The Bertz CT molecular complexity index is 875. The van der Waals surface area contributed by atoms with Crippen LogP contribution in [0.25, 0.3) is 0 Å². The summed E-state index contributed by atoms with van der Waals surface area (Å²) in [4.78, 5) is 27.1. The van der Waals surface area contributed by atoms with Crippen LogP contribution in [0.15, 0.2) is 47.7 Å². The Morgan fingerprint density at radius 2 is 1.86 bits per heavy atom. The smallest absolute Gasteiger partial charge is 0.331 e. The number of halogens is 1. The summed E-state index contributed by atoms with van der Waals surface area (Å²) in [7, 11) is 0. The lowest BCUT2D eigenvalue weighted by atomic mass is 9.90. The molecule has 28 heavy (non-hydrogen) atoms. The van der Waals surface area contributed by atoms with Crippen molar-refractivity contribution >= 4 is 23.4 Å². The normalized spacial score (nSPS) is 19.5. The molecule has 1 aliphatic carbocycles. The van der Waals surface area contributed by atoms with Gasteiger partial charge in [-0.3, -0.25) is 0 Å². The van der Waals surface area contributed by atoms with Crippen molar-refractivity contribution in [3.05, 3.63) is 59.1 Å². The van der Waals surface area contributed by atoms with Crippen molar-refractivity contribution in [2.45, 2.75) is 37.6 Å². The van der Waals surface area contributed by atoms with E-state index in [-0.39, 0.29) is 0 Å². The standard InChI is InChI=1S/C21H23ClN4O2/c22-17-5-2-1-4-16(17)14-15-6-12-26(13-7-15)19(18-23-10-3-11-24-18)25-21(8-9-21)20(27)28/h1-5,10-11,15H,6-9,12-14H2,(H,27,28). The number of hydrogen-bond donors (Lipinski definition) is 1. The molecule has 0 amide bonds. The Labute approximate surface area is 169 Å². The Morgan fingerprint density at radius 3 is 2.46 bits per heavy atom. The highest BCUT2D eigenvalue weighted by molar-refractivity contribution is 6.31. The van der Waals surface area contributed by atoms with E-state index < -0.39 is 11.5 Å². The number of aliphatic carboxylic acids is 1. The number of likely N-dealkylation sites (tertiary alicyclic amines) is 1. The van der Waals surface area contributed by atoms with Crippen LogP contribution in [0.1, 0.15) is 37.1 Å². The second kappa shape index (κ2) is 7.87. The number of piperidine rings is 1. The maximum Gasteiger partial charge on any atom is 0.331 e. The highest BCUT2D eigenvalue weighted by atomic mass is 35.5. The van der Waals surface area contributed by atoms with E-state index in [4.69, 9.17) is 11.6 Å². The molecule has 0 radical (unpaired) electrons. The van der Waals surface area contributed by atoms with Gasteiger partial charge in [-0.2, -0.15) is 0 Å². The highest BCUT2D eigenvalue weighted by Gasteiger charge is 2.51. The van der Waals surface area contributed by atoms with Crippen molar-refractivity contribution in [2.75, 3.05) is 13.1 Å². The van der Waals surface area contributed by atoms with Gasteiger partial charge in [0.15, 0.2) is 17.2 Å². The van der Waals surface area contributed by atoms with Crippen LogP contribution < -0.4 is 0 Å². The number of carbonyl (C=O) groups is 1. The lowest BCUT2D eigenvalue weighted by molar-refractivity contribution is -0.139. The molecule has 1 saturated carbocycles. The summed E-state index contributed by atoms with van der Waals surface area (Å²) in [5.41, 5.74) is 0.189. The molecule has 2 aliphatic rings. The molecule has 2 fully saturated rings. The number of aliphatic imine (C=N–C) groups is 1. The van der Waals surface area contributed by atoms with Crippen LogP contribution in [-0.4, -0.2) is 50.4 Å². The summed E-state index contributed by atoms with van der Waals surface area (Å²) >= 11 is 6.31. The van der Waals surface area contributed by atoms with E-state index in [1.165, 1.54) is 5.56 Å². The van der Waals surface area contributed by atoms with Gasteiger partial charge in [-0.05, 0) is 55.7 Å². The third-order valence-electron chi connectivity index (χ3n) is 5.59. The average Bonchev–Trinajstić information content (AvgIpc) is 3.51. The first-order valence-electron chi connectivity index (χ1n) is 9.66. The molecule has 0 unspecified atom stereocenters. The van der Waals surface area contributed by atoms with Crippen LogP contribution in [0.3, 0.4) is 0 Å². The second-order valence-corrected chi connectivity index (χ2v) is 7.98. The van der Waals surface area contributed by atoms with Crippen LogP contribution in [-0.2, 0) is 11.2 Å². The van der Waals surface area contributed by atoms with Gasteiger partial charge >= 0.3 is 5.97 Å². The molecule has 6 nitrogen and oxygen atoms in total. The van der Waals surface area contributed by atoms with Crippen molar-refractivity contribution < 1.29 is 9.90 Å². The first-order valence-corrected chi connectivity index (χ1v) is 10.0. The van der Waals surface area contributed by atoms with E-state index in [1.54, 1.807) is 18.5 Å². The van der Waals surface area contributed by atoms with Crippen LogP contribution in [0.2, 0.25) is 5.02 Å². The molecule has 0 bridgehead atoms. The summed E-state index contributed by atoms with van der Waals surface area (Å²) in [5.74, 6) is 0.786. The van der Waals surface area contributed by atoms with Gasteiger partial charge in [-0.25, -0.2) is 19.8 Å². The molecule has 1 aromatic heterocycles. The summed E-state index contributed by atoms with van der Waals surface area (Å²) in [6.07, 6.45) is 7.43. The van der Waals surface area contributed by atoms with Gasteiger partial charge in [-0.1, -0.05) is 29.8 Å². The quantitative estimate of drug-likeness (QED) is 0.616. The molecular weight excluding hydrogens is 376 g/mol. The summed E-state index contributed by atoms with van der Waals surface area (Å²) in [6, 6.07) is 9.75. The van der Waals surface area contributed by atoms with Gasteiger partial charge in [0.1, 0.15) is 0 Å². The molecule has 0 spiro atoms. The minimum atomic E-state index is -0.997. The molecule has 1 aliphatic heterocycles. The summed E-state index contributed by atoms with van der Waals surface area (Å²) in [6.45, 7) is 1.61. The molecule has 7 heteroatoms. The predicted molar refractivity (Wildman–Crippen MR) is 108 cm³/mol. The largest absolute Gasteiger partial charge is 0.479 e. The summed E-state index contributed by atoms with van der Waals surface area (Å²) in [5, 5.41) is 10.4. The van der Waals surface area contributed by atoms with Crippen molar-refractivity contribution in [3.63, 3.8) is 0 Å². The minimum absolute atomic E-state index is 0.500. The van der Waals surface area contributed by atoms with E-state index in [0.717, 1.165) is 37.4 Å². The lowest BCUT2D eigenvalue weighted by Gasteiger charge is -2.34. The van der Waals surface area contributed by atoms with E-state index >= 15 is 0 Å². The Morgan fingerprint density at radius 1 is 1.18 bits per heavy atom. The van der Waals surface area contributed by atoms with Gasteiger partial charge in [0.25, 0.3) is 0 Å². The fourth-order valence-corrected chi connectivity index (χ4v) is 3.91. The molecule has 1 N–H and O–H groups in total. The topological polar surface area (TPSA) is 78.7 Å². The SMILES string of the molecule is O=C(O)C1(N=C(c2ncccn2)N2CCC(Cc3ccccc3Cl)CC2)CC1. The fraction of sp³-hybridized carbons (Fsp3) is 0.429. The maximum atomic E-state index is 11.6. The van der Waals surface area contributed by atoms with E-state index in [9.17, 15) is 9.90 Å². The molecule has 2 aromatic rings. The Hall–Kier alpha value is -2.47. The number of aromatic nitrogens is 2. The monoisotopic (exact) mass is 398 g/mol. The number of nitrogens with zero attached hydrogens (tertiary/aromatic N) is 4. The predicted octanol–water partition coefficient (Wildman–Crippen LogP) is 3.45. The molecule has 146 valence electrons. The van der Waals surface area contributed by atoms with Crippen LogP contribution >= 0.6 is 11.6 Å². The van der Waals surface area contributed by atoms with Crippen LogP contribution in [0.5, 0.6) is 0 Å². The maximum absolute atomic E-state index is 11.6. The van der Waals surface area contributed by atoms with Crippen molar-refractivity contribution in [2.24, 2.45) is 10.9 Å². The molecular formula is C21H23ClN4O2. The zero-order valence-electron chi connectivity index (χ0n) is 15.6. The Kier molecular flexibility index (Phi) is 5.31. The van der Waals surface area contributed by atoms with Gasteiger partial charge < -0.3 is 10.0 Å². The summed E-state index contributed by atoms with van der Waals surface area (Å²) < 4.78 is 0. The van der Waals surface area contributed by atoms with Crippen molar-refractivity contribution in [1.29, 1.82) is 0 Å². The molecule has 1 saturated heterocycles. The number of amidine groups is 1. The molecule has 4 rings (SSSR count). The first kappa shape index (κ1) is 18.9. The van der Waals surface area contributed by atoms with Crippen LogP contribution in [0, 0.1) is 5.92 Å². The fourth-order valence-electron chi connectivity index (χ4n) is 3.70. The van der Waals surface area contributed by atoms with Gasteiger partial charge in [-0.15, -0.1) is 0 Å². The number of rotatable bonds is 5. The van der Waals surface area contributed by atoms with Crippen LogP contribution in [0.4, 0.5) is 0 Å². The number of hydrogen-bond acceptors (Lipinski definition) is 4. The average molecular weight is 399 g/mol. The Balaban J connectivity index is 1.49. The number of carboxylic acid groups (broad SMARTS) is 1. The number of carboxylic acids is 1. The minimum Gasteiger partial charge on any atom is -0.479 e. The zero-order valence-corrected chi connectivity index (χ0v) is 16.3. The highest BCUT2D eigenvalue weighted by Crippen LogP contribution is 2.41. The second-order valence-electron chi connectivity index (χ2n) is 7.57. The van der Waals surface area contributed by atoms with Gasteiger partial charge in [0, 0.05) is 30.5 Å². The zero-order chi connectivity index (χ0) is 19.6. The molecule has 0 atom stereocenters. The number of benzene rings is 1. The van der Waals surface area contributed by atoms with Crippen molar-refractivity contribution in [1.82, 2.24) is 14.9 Å². The van der Waals surface area contributed by atoms with Crippen molar-refractivity contribution in [3.8, 4) is 0 Å². The van der Waals surface area contributed by atoms with E-state index in [2.05, 4.69) is 25.9 Å².